The molecule has 0 aromatic heterocycles. The van der Waals surface area contributed by atoms with Crippen molar-refractivity contribution in [3.8, 4) is 0 Å². The minimum absolute atomic E-state index is 0.0506. The lowest BCUT2D eigenvalue weighted by atomic mass is 9.99. The van der Waals surface area contributed by atoms with Gasteiger partial charge in [-0.15, -0.1) is 0 Å². The van der Waals surface area contributed by atoms with Crippen molar-refractivity contribution in [2.24, 2.45) is 0 Å². The molecule has 3 heteroatoms. The van der Waals surface area contributed by atoms with E-state index in [-0.39, 0.29) is 5.78 Å². The quantitative estimate of drug-likeness (QED) is 0.696. The average Bonchev–Trinajstić information content (AvgIpc) is 2.18. The van der Waals surface area contributed by atoms with Gasteiger partial charge in [0.05, 0.1) is 13.2 Å². The van der Waals surface area contributed by atoms with Crippen molar-refractivity contribution in [1.82, 2.24) is 0 Å². The van der Waals surface area contributed by atoms with E-state index < -0.39 is 0 Å². The summed E-state index contributed by atoms with van der Waals surface area (Å²) in [6.45, 7) is 2.46. The van der Waals surface area contributed by atoms with Crippen LogP contribution in [0.5, 0.6) is 0 Å². The number of ketones is 1. The van der Waals surface area contributed by atoms with Gasteiger partial charge in [0.1, 0.15) is 0 Å². The minimum atomic E-state index is 0.0506. The summed E-state index contributed by atoms with van der Waals surface area (Å²) in [6, 6.07) is 5.72. The van der Waals surface area contributed by atoms with E-state index in [1.807, 2.05) is 18.2 Å². The van der Waals surface area contributed by atoms with Crippen molar-refractivity contribution in [1.29, 1.82) is 0 Å². The summed E-state index contributed by atoms with van der Waals surface area (Å²) in [6.07, 6.45) is 0. The van der Waals surface area contributed by atoms with Crippen molar-refractivity contribution in [2.45, 2.75) is 20.1 Å². The van der Waals surface area contributed by atoms with E-state index in [0.717, 1.165) is 16.7 Å². The molecule has 0 aliphatic carbocycles. The molecule has 1 rings (SSSR count). The maximum atomic E-state index is 11.5. The van der Waals surface area contributed by atoms with Gasteiger partial charge in [-0.25, -0.2) is 0 Å². The monoisotopic (exact) mass is 208 g/mol. The van der Waals surface area contributed by atoms with Crippen molar-refractivity contribution in [3.63, 3.8) is 0 Å². The maximum Gasteiger partial charge on any atom is 0.160 e. The number of carbonyl (C=O) groups excluding carboxylic acids is 1. The van der Waals surface area contributed by atoms with Crippen LogP contribution in [0.3, 0.4) is 0 Å². The van der Waals surface area contributed by atoms with Gasteiger partial charge in [-0.1, -0.05) is 18.2 Å². The summed E-state index contributed by atoms with van der Waals surface area (Å²) in [5.74, 6) is 0.0506. The first kappa shape index (κ1) is 11.9. The molecule has 0 radical (unpaired) electrons. The highest BCUT2D eigenvalue weighted by molar-refractivity contribution is 5.97. The molecule has 3 nitrogen and oxygen atoms in total. The second-order valence-electron chi connectivity index (χ2n) is 3.37. The van der Waals surface area contributed by atoms with E-state index >= 15 is 0 Å². The molecule has 0 unspecified atom stereocenters. The molecule has 0 saturated heterocycles. The van der Waals surface area contributed by atoms with Gasteiger partial charge in [0.2, 0.25) is 0 Å². The lowest BCUT2D eigenvalue weighted by molar-refractivity contribution is 0.100. The van der Waals surface area contributed by atoms with Crippen LogP contribution in [0.25, 0.3) is 0 Å². The number of Topliss-reactive ketones (excluding diaryl/α,β-unsaturated/α-hetero) is 1. The third kappa shape index (κ3) is 2.88. The highest BCUT2D eigenvalue weighted by atomic mass is 16.5. The van der Waals surface area contributed by atoms with Gasteiger partial charge in [-0.05, 0) is 18.1 Å². The van der Waals surface area contributed by atoms with Crippen LogP contribution in [0.1, 0.15) is 28.4 Å². The van der Waals surface area contributed by atoms with Crippen LogP contribution in [0.4, 0.5) is 0 Å². The Hall–Kier alpha value is -1.19. The zero-order chi connectivity index (χ0) is 11.3. The normalized spacial score (nSPS) is 10.3. The molecule has 0 amide bonds. The number of ether oxygens (including phenoxy) is 2. The number of methoxy groups -OCH3 is 2. The number of hydrogen-bond donors (Lipinski definition) is 0. The molecule has 0 aliphatic rings. The molecule has 0 atom stereocenters. The van der Waals surface area contributed by atoms with E-state index in [4.69, 9.17) is 9.47 Å². The minimum Gasteiger partial charge on any atom is -0.380 e. The fraction of sp³-hybridized carbons (Fsp3) is 0.417. The Morgan fingerprint density at radius 3 is 1.93 bits per heavy atom. The van der Waals surface area contributed by atoms with Gasteiger partial charge < -0.3 is 9.47 Å². The van der Waals surface area contributed by atoms with Crippen molar-refractivity contribution < 1.29 is 14.3 Å². The number of benzene rings is 1. The lowest BCUT2D eigenvalue weighted by Crippen LogP contribution is -2.06. The van der Waals surface area contributed by atoms with Gasteiger partial charge >= 0.3 is 0 Å². The van der Waals surface area contributed by atoms with Crippen LogP contribution < -0.4 is 0 Å². The van der Waals surface area contributed by atoms with E-state index in [0.29, 0.717) is 13.2 Å². The molecule has 0 bridgehead atoms. The smallest absolute Gasteiger partial charge is 0.160 e. The SMILES string of the molecule is COCc1cccc(COC)c1C(C)=O. The Kier molecular flexibility index (Phi) is 4.46. The second-order valence-corrected chi connectivity index (χ2v) is 3.37. The Morgan fingerprint density at radius 1 is 1.13 bits per heavy atom. The van der Waals surface area contributed by atoms with Crippen LogP contribution in [0, 0.1) is 0 Å². The van der Waals surface area contributed by atoms with Gasteiger partial charge in [0.25, 0.3) is 0 Å². The standard InChI is InChI=1S/C12H16O3/c1-9(13)12-10(7-14-2)5-4-6-11(12)8-15-3/h4-6H,7-8H2,1-3H3. The third-order valence-corrected chi connectivity index (χ3v) is 2.19. The van der Waals surface area contributed by atoms with E-state index in [9.17, 15) is 4.79 Å². The van der Waals surface area contributed by atoms with Gasteiger partial charge in [-0.3, -0.25) is 4.79 Å². The van der Waals surface area contributed by atoms with Crippen LogP contribution in [0.2, 0.25) is 0 Å². The first-order valence-electron chi connectivity index (χ1n) is 4.80. The number of rotatable bonds is 5. The molecule has 0 aliphatic heterocycles. The zero-order valence-electron chi connectivity index (χ0n) is 9.37. The summed E-state index contributed by atoms with van der Waals surface area (Å²) in [4.78, 5) is 11.5. The number of hydrogen-bond acceptors (Lipinski definition) is 3. The Labute approximate surface area is 90.0 Å². The van der Waals surface area contributed by atoms with E-state index in [1.165, 1.54) is 0 Å². The molecule has 1 aromatic carbocycles. The largest absolute Gasteiger partial charge is 0.380 e. The summed E-state index contributed by atoms with van der Waals surface area (Å²) in [5, 5.41) is 0. The van der Waals surface area contributed by atoms with Crippen LogP contribution in [0.15, 0.2) is 18.2 Å². The van der Waals surface area contributed by atoms with Gasteiger partial charge in [0.15, 0.2) is 5.78 Å². The molecule has 0 spiro atoms. The first-order chi connectivity index (χ1) is 7.20. The predicted octanol–water partition coefficient (Wildman–Crippen LogP) is 2.18. The van der Waals surface area contributed by atoms with Gasteiger partial charge in [0, 0.05) is 19.8 Å². The molecule has 0 saturated carbocycles. The van der Waals surface area contributed by atoms with Crippen molar-refractivity contribution >= 4 is 5.78 Å². The Bertz CT molecular complexity index is 320. The summed E-state index contributed by atoms with van der Waals surface area (Å²) in [5.41, 5.74) is 2.56. The predicted molar refractivity (Wildman–Crippen MR) is 57.9 cm³/mol. The maximum absolute atomic E-state index is 11.5. The molecule has 0 fully saturated rings. The highest BCUT2D eigenvalue weighted by Crippen LogP contribution is 2.17. The highest BCUT2D eigenvalue weighted by Gasteiger charge is 2.11. The van der Waals surface area contributed by atoms with E-state index in [1.54, 1.807) is 21.1 Å². The second kappa shape index (κ2) is 5.63. The fourth-order valence-corrected chi connectivity index (χ4v) is 1.66. The molecular weight excluding hydrogens is 192 g/mol. The molecule has 1 aromatic rings. The summed E-state index contributed by atoms with van der Waals surface area (Å²) >= 11 is 0. The lowest BCUT2D eigenvalue weighted by Gasteiger charge is -2.11. The van der Waals surface area contributed by atoms with Crippen molar-refractivity contribution in [3.05, 3.63) is 34.9 Å². The molecular formula is C12H16O3. The Balaban J connectivity index is 3.15. The average molecular weight is 208 g/mol. The zero-order valence-corrected chi connectivity index (χ0v) is 9.37. The molecule has 15 heavy (non-hydrogen) atoms. The molecule has 0 heterocycles. The van der Waals surface area contributed by atoms with Crippen LogP contribution >= 0.6 is 0 Å². The van der Waals surface area contributed by atoms with Crippen molar-refractivity contribution in [2.75, 3.05) is 14.2 Å². The third-order valence-electron chi connectivity index (χ3n) is 2.19. The molecule has 82 valence electrons. The van der Waals surface area contributed by atoms with Gasteiger partial charge in [-0.2, -0.15) is 0 Å². The topological polar surface area (TPSA) is 35.5 Å². The van der Waals surface area contributed by atoms with E-state index in [2.05, 4.69) is 0 Å². The van der Waals surface area contributed by atoms with Crippen LogP contribution in [-0.2, 0) is 22.7 Å². The Morgan fingerprint density at radius 2 is 1.60 bits per heavy atom. The first-order valence-corrected chi connectivity index (χ1v) is 4.80. The number of carbonyl (C=O) groups is 1. The summed E-state index contributed by atoms with van der Waals surface area (Å²) in [7, 11) is 3.24. The molecule has 0 N–H and O–H groups in total. The fourth-order valence-electron chi connectivity index (χ4n) is 1.66. The van der Waals surface area contributed by atoms with Crippen LogP contribution in [-0.4, -0.2) is 20.0 Å². The summed E-state index contributed by atoms with van der Waals surface area (Å²) < 4.78 is 10.1.